The van der Waals surface area contributed by atoms with Gasteiger partial charge in [0.1, 0.15) is 25.0 Å². The molecule has 4 rings (SSSR count). The number of fused-ring (bicyclic) bond motifs is 1. The molecule has 0 fully saturated rings. The lowest BCUT2D eigenvalue weighted by atomic mass is 9.98. The molecule has 2 aromatic carbocycles. The zero-order valence-electron chi connectivity index (χ0n) is 26.1. The molecule has 0 saturated heterocycles. The van der Waals surface area contributed by atoms with Gasteiger partial charge in [0, 0.05) is 12.7 Å². The van der Waals surface area contributed by atoms with Gasteiger partial charge in [-0.15, -0.1) is 0 Å². The van der Waals surface area contributed by atoms with Gasteiger partial charge in [-0.05, 0) is 60.9 Å². The van der Waals surface area contributed by atoms with E-state index >= 15 is 0 Å². The van der Waals surface area contributed by atoms with Crippen molar-refractivity contribution in [3.05, 3.63) is 105 Å². The second kappa shape index (κ2) is 18.6. The van der Waals surface area contributed by atoms with E-state index in [4.69, 9.17) is 14.6 Å². The van der Waals surface area contributed by atoms with Crippen molar-refractivity contribution in [3.63, 3.8) is 0 Å². The number of carbonyl (C=O) groups is 3. The highest BCUT2D eigenvalue weighted by Gasteiger charge is 2.34. The van der Waals surface area contributed by atoms with Crippen LogP contribution in [0.1, 0.15) is 69.0 Å². The van der Waals surface area contributed by atoms with Crippen molar-refractivity contribution < 1.29 is 31.9 Å². The number of hydrogen-bond donors (Lipinski definition) is 0. The van der Waals surface area contributed by atoms with Crippen molar-refractivity contribution >= 4 is 25.1 Å². The summed E-state index contributed by atoms with van der Waals surface area (Å²) < 4.78 is 54.8. The summed E-state index contributed by atoms with van der Waals surface area (Å²) in [5.41, 5.74) is 0.0318. The Morgan fingerprint density at radius 1 is 1.02 bits per heavy atom. The van der Waals surface area contributed by atoms with Crippen LogP contribution in [-0.4, -0.2) is 40.3 Å². The highest BCUT2D eigenvalue weighted by atomic mass is 19.4. The van der Waals surface area contributed by atoms with Gasteiger partial charge in [0.25, 0.3) is 5.56 Å². The monoisotopic (exact) mass is 640 g/mol. The number of aromatic nitrogens is 2. The maximum atomic E-state index is 13.8. The summed E-state index contributed by atoms with van der Waals surface area (Å²) in [6, 6.07) is 15.3. The van der Waals surface area contributed by atoms with Crippen LogP contribution in [-0.2, 0) is 27.0 Å². The van der Waals surface area contributed by atoms with Crippen LogP contribution in [0.5, 0.6) is 0 Å². The zero-order valence-corrected chi connectivity index (χ0v) is 26.1. The number of amides is 1. The van der Waals surface area contributed by atoms with Crippen molar-refractivity contribution in [1.29, 1.82) is 5.26 Å². The van der Waals surface area contributed by atoms with Crippen molar-refractivity contribution in [2.45, 2.75) is 59.2 Å². The van der Waals surface area contributed by atoms with Crippen LogP contribution >= 0.6 is 0 Å². The van der Waals surface area contributed by atoms with Crippen LogP contribution in [0.4, 0.5) is 17.6 Å². The minimum atomic E-state index is -4.90. The molecule has 8 nitrogen and oxygen atoms in total. The Morgan fingerprint density at radius 2 is 1.63 bits per heavy atom. The van der Waals surface area contributed by atoms with E-state index in [2.05, 4.69) is 13.8 Å². The third-order valence-corrected chi connectivity index (χ3v) is 6.40. The first-order valence-electron chi connectivity index (χ1n) is 14.2. The maximum absolute atomic E-state index is 13.8. The van der Waals surface area contributed by atoms with Crippen molar-refractivity contribution in [1.82, 2.24) is 14.3 Å². The van der Waals surface area contributed by atoms with E-state index in [9.17, 15) is 32.4 Å². The summed E-state index contributed by atoms with van der Waals surface area (Å²) in [5, 5.41) is 9.17. The lowest BCUT2D eigenvalue weighted by Crippen LogP contribution is -2.37. The third kappa shape index (κ3) is 9.66. The minimum Gasteiger partial charge on any atom is -0.334 e. The Balaban J connectivity index is 0.00000140. The van der Waals surface area contributed by atoms with Gasteiger partial charge in [0.05, 0.1) is 40.9 Å². The van der Waals surface area contributed by atoms with Gasteiger partial charge >= 0.3 is 6.18 Å². The number of carbonyl (C=O) groups excluding carboxylic acids is 3. The molecule has 4 aromatic rings. The summed E-state index contributed by atoms with van der Waals surface area (Å²) in [7, 11) is 0. The molecule has 0 aliphatic rings. The van der Waals surface area contributed by atoms with Gasteiger partial charge in [-0.1, -0.05) is 51.5 Å². The van der Waals surface area contributed by atoms with E-state index < -0.39 is 35.9 Å². The van der Waals surface area contributed by atoms with Crippen LogP contribution in [0.15, 0.2) is 71.7 Å². The quantitative estimate of drug-likeness (QED) is 0.202. The van der Waals surface area contributed by atoms with Crippen molar-refractivity contribution in [3.8, 4) is 17.2 Å². The fraction of sp³-hybridized carbons (Fsp3) is 0.294. The predicted molar refractivity (Wildman–Crippen MR) is 167 cm³/mol. The fourth-order valence-corrected chi connectivity index (χ4v) is 4.49. The van der Waals surface area contributed by atoms with Gasteiger partial charge in [0.2, 0.25) is 5.91 Å². The second-order valence-corrected chi connectivity index (χ2v) is 9.75. The van der Waals surface area contributed by atoms with Crippen LogP contribution in [0.3, 0.4) is 0 Å². The lowest BCUT2D eigenvalue weighted by Gasteiger charge is -2.30. The van der Waals surface area contributed by atoms with E-state index in [1.54, 1.807) is 55.6 Å². The zero-order chi connectivity index (χ0) is 35.0. The van der Waals surface area contributed by atoms with Crippen LogP contribution in [0.2, 0.25) is 0 Å². The summed E-state index contributed by atoms with van der Waals surface area (Å²) in [6.45, 7) is 12.0. The third-order valence-electron chi connectivity index (χ3n) is 6.40. The van der Waals surface area contributed by atoms with Crippen LogP contribution in [0, 0.1) is 17.1 Å². The highest BCUT2D eigenvalue weighted by Crippen LogP contribution is 2.33. The Kier molecular flexibility index (Phi) is 15.7. The molecule has 0 N–H and O–H groups in total. The molecule has 0 aliphatic heterocycles. The molecule has 0 bridgehead atoms. The molecule has 0 spiro atoms. The normalized spacial score (nSPS) is 10.9. The topological polar surface area (TPSA) is 113 Å². The first-order valence-corrected chi connectivity index (χ1v) is 14.2. The predicted octanol–water partition coefficient (Wildman–Crippen LogP) is 6.98. The first-order chi connectivity index (χ1) is 22.0. The highest BCUT2D eigenvalue weighted by molar-refractivity contribution is 5.80. The largest absolute Gasteiger partial charge is 0.419 e. The summed E-state index contributed by atoms with van der Waals surface area (Å²) in [6.07, 6.45) is -1.93. The molecular weight excluding hydrogens is 604 g/mol. The van der Waals surface area contributed by atoms with Crippen molar-refractivity contribution in [2.75, 3.05) is 6.54 Å². The molecule has 0 saturated carbocycles. The Morgan fingerprint density at radius 3 is 2.17 bits per heavy atom. The minimum absolute atomic E-state index is 0.0147. The van der Waals surface area contributed by atoms with Gasteiger partial charge in [0.15, 0.2) is 0 Å². The summed E-state index contributed by atoms with van der Waals surface area (Å²) >= 11 is 0. The molecule has 12 heteroatoms. The van der Waals surface area contributed by atoms with Gasteiger partial charge < -0.3 is 14.5 Å². The smallest absolute Gasteiger partial charge is 0.334 e. The summed E-state index contributed by atoms with van der Waals surface area (Å²) in [5.74, 6) is -1.91. The van der Waals surface area contributed by atoms with Crippen molar-refractivity contribution in [2.24, 2.45) is 0 Å². The molecule has 0 radical (unpaired) electrons. The van der Waals surface area contributed by atoms with E-state index in [0.717, 1.165) is 6.07 Å². The van der Waals surface area contributed by atoms with E-state index in [-0.39, 0.29) is 23.2 Å². The molecular formula is C34H36F4N4O4. The number of alkyl halides is 3. The SMILES string of the molecule is C=O.C=O.CCC.CCCN(C(=O)Cc1ccc(F)c(C(F)(F)F)c1)C(C)c1nc2ccccn2c(=O)c1-c1ccc(C#N)cc1. The average Bonchev–Trinajstić information content (AvgIpc) is 3.06. The number of hydrogen-bond acceptors (Lipinski definition) is 6. The standard InChI is InChI=1S/C29H24F4N4O2.C3H8.2CH2O/c1-3-13-36(25(38)16-20-9-12-23(30)22(15-20)29(31,32)33)18(2)27-26(21-10-7-19(17-34)8-11-21)28(39)37-14-5-4-6-24(37)35-27;1-3-2;2*1-2/h4-12,14-15,18H,3,13,16H2,1-2H3;3H2,1-2H3;2*1H2. The van der Waals surface area contributed by atoms with Gasteiger partial charge in [-0.25, -0.2) is 9.37 Å². The fourth-order valence-electron chi connectivity index (χ4n) is 4.49. The molecule has 1 amide bonds. The first kappa shape index (κ1) is 38.8. The van der Waals surface area contributed by atoms with Gasteiger partial charge in [-0.2, -0.15) is 18.4 Å². The van der Waals surface area contributed by atoms with E-state index in [1.165, 1.54) is 15.7 Å². The second-order valence-electron chi connectivity index (χ2n) is 9.75. The molecule has 46 heavy (non-hydrogen) atoms. The molecule has 1 unspecified atom stereocenters. The average molecular weight is 641 g/mol. The Hall–Kier alpha value is -5.18. The maximum Gasteiger partial charge on any atom is 0.419 e. The molecule has 244 valence electrons. The summed E-state index contributed by atoms with van der Waals surface area (Å²) in [4.78, 5) is 49.2. The van der Waals surface area contributed by atoms with Crippen LogP contribution in [0.25, 0.3) is 16.8 Å². The number of rotatable bonds is 7. The lowest BCUT2D eigenvalue weighted by molar-refractivity contribution is -0.140. The molecule has 0 aliphatic carbocycles. The Bertz CT molecular complexity index is 1680. The molecule has 1 atom stereocenters. The van der Waals surface area contributed by atoms with Crippen LogP contribution < -0.4 is 5.56 Å². The molecule has 2 heterocycles. The number of nitriles is 1. The molecule has 2 aromatic heterocycles. The number of benzene rings is 2. The van der Waals surface area contributed by atoms with E-state index in [1.807, 2.05) is 26.6 Å². The number of halogens is 4. The number of pyridine rings is 1. The van der Waals surface area contributed by atoms with E-state index in [0.29, 0.717) is 41.0 Å². The number of nitrogens with zero attached hydrogens (tertiary/aromatic N) is 4. The van der Waals surface area contributed by atoms with Gasteiger partial charge in [-0.3, -0.25) is 14.0 Å². The Labute approximate surface area is 264 Å².